The molecule has 0 atom stereocenters. The van der Waals surface area contributed by atoms with E-state index < -0.39 is 33.9 Å². The summed E-state index contributed by atoms with van der Waals surface area (Å²) in [7, 11) is -3.91. The lowest BCUT2D eigenvalue weighted by Gasteiger charge is -2.19. The smallest absolute Gasteiger partial charge is 0.340 e. The van der Waals surface area contributed by atoms with Gasteiger partial charge in [0.25, 0.3) is 21.8 Å². The van der Waals surface area contributed by atoms with Crippen molar-refractivity contribution in [1.29, 1.82) is 0 Å². The molecular formula is C25H21ClN4O6S. The van der Waals surface area contributed by atoms with Crippen LogP contribution in [0.2, 0.25) is 0 Å². The fourth-order valence-electron chi connectivity index (χ4n) is 3.43. The highest BCUT2D eigenvalue weighted by Crippen LogP contribution is 2.32. The number of rotatable bonds is 8. The first-order valence-electron chi connectivity index (χ1n) is 11.0. The maximum Gasteiger partial charge on any atom is 0.340 e. The van der Waals surface area contributed by atoms with Gasteiger partial charge in [0.05, 0.1) is 22.3 Å². The highest BCUT2D eigenvalue weighted by atomic mass is 35.5. The summed E-state index contributed by atoms with van der Waals surface area (Å²) in [6.45, 7) is 3.36. The molecule has 0 fully saturated rings. The van der Waals surface area contributed by atoms with Crippen LogP contribution < -0.4 is 14.9 Å². The predicted molar refractivity (Wildman–Crippen MR) is 137 cm³/mol. The van der Waals surface area contributed by atoms with Crippen molar-refractivity contribution < 1.29 is 27.5 Å². The molecular weight excluding hydrogens is 520 g/mol. The second-order valence-electron chi connectivity index (χ2n) is 8.08. The van der Waals surface area contributed by atoms with Crippen molar-refractivity contribution in [2.45, 2.75) is 24.8 Å². The Hall–Kier alpha value is -4.22. The number of carbonyl (C=O) groups is 3. The third-order valence-corrected chi connectivity index (χ3v) is 6.79. The van der Waals surface area contributed by atoms with Gasteiger partial charge in [0, 0.05) is 11.9 Å². The molecule has 1 aliphatic rings. The Kier molecular flexibility index (Phi) is 7.28. The Morgan fingerprint density at radius 1 is 0.973 bits per heavy atom. The zero-order valence-electron chi connectivity index (χ0n) is 19.6. The third-order valence-electron chi connectivity index (χ3n) is 5.07. The van der Waals surface area contributed by atoms with Gasteiger partial charge in [0.2, 0.25) is 0 Å². The van der Waals surface area contributed by atoms with Crippen LogP contribution in [-0.2, 0) is 24.3 Å². The van der Waals surface area contributed by atoms with Crippen LogP contribution in [0.3, 0.4) is 0 Å². The van der Waals surface area contributed by atoms with Gasteiger partial charge in [-0.1, -0.05) is 29.8 Å². The van der Waals surface area contributed by atoms with Gasteiger partial charge in [-0.25, -0.2) is 23.1 Å². The van der Waals surface area contributed by atoms with E-state index in [0.29, 0.717) is 5.69 Å². The Balaban J connectivity index is 1.55. The number of ether oxygens (including phenoxy) is 1. The average molecular weight is 541 g/mol. The standard InChI is InChI=1S/C25H21ClN4O6S/c1-15(2)36-25(33)18-7-3-4-8-19(18)30-23(31)21(26)22(24(30)32)28-16-10-12-17(13-11-16)37(34,35)29-20-9-5-6-14-27-20/h3-15,28H,1-2H3,(H,27,29). The number of benzene rings is 2. The normalized spacial score (nSPS) is 13.8. The SMILES string of the molecule is CC(C)OC(=O)c1ccccc1N1C(=O)C(Cl)=C(Nc2ccc(S(=O)(=O)Nc3ccccn3)cc2)C1=O. The van der Waals surface area contributed by atoms with Crippen LogP contribution in [0.5, 0.6) is 0 Å². The van der Waals surface area contributed by atoms with Crippen LogP contribution in [-0.4, -0.2) is 37.3 Å². The summed E-state index contributed by atoms with van der Waals surface area (Å²) in [5, 5.41) is 2.39. The number of nitrogens with zero attached hydrogens (tertiary/aromatic N) is 2. The van der Waals surface area contributed by atoms with Crippen LogP contribution in [0.1, 0.15) is 24.2 Å². The molecule has 2 N–H and O–H groups in total. The Labute approximate surface area is 218 Å². The molecule has 2 heterocycles. The van der Waals surface area contributed by atoms with E-state index in [0.717, 1.165) is 4.90 Å². The van der Waals surface area contributed by atoms with Crippen molar-refractivity contribution in [1.82, 2.24) is 4.98 Å². The van der Waals surface area contributed by atoms with Gasteiger partial charge in [-0.3, -0.25) is 14.3 Å². The molecule has 12 heteroatoms. The minimum absolute atomic E-state index is 0.0265. The summed E-state index contributed by atoms with van der Waals surface area (Å²) >= 11 is 6.20. The quantitative estimate of drug-likeness (QED) is 0.324. The number of hydrogen-bond acceptors (Lipinski definition) is 8. The summed E-state index contributed by atoms with van der Waals surface area (Å²) in [6, 6.07) is 16.3. The fourth-order valence-corrected chi connectivity index (χ4v) is 4.65. The highest BCUT2D eigenvalue weighted by molar-refractivity contribution is 7.92. The Morgan fingerprint density at radius 2 is 1.65 bits per heavy atom. The maximum absolute atomic E-state index is 13.2. The van der Waals surface area contributed by atoms with Crippen molar-refractivity contribution >= 4 is 56.6 Å². The van der Waals surface area contributed by atoms with Crippen LogP contribution >= 0.6 is 11.6 Å². The molecule has 3 aromatic rings. The van der Waals surface area contributed by atoms with Crippen molar-refractivity contribution in [3.05, 3.63) is 89.2 Å². The monoisotopic (exact) mass is 540 g/mol. The van der Waals surface area contributed by atoms with Gasteiger partial charge in [-0.2, -0.15) is 0 Å². The topological polar surface area (TPSA) is 135 Å². The summed E-state index contributed by atoms with van der Waals surface area (Å²) in [5.41, 5.74) is 0.139. The van der Waals surface area contributed by atoms with E-state index in [2.05, 4.69) is 15.0 Å². The molecule has 190 valence electrons. The zero-order chi connectivity index (χ0) is 26.7. The molecule has 0 saturated heterocycles. The maximum atomic E-state index is 13.2. The lowest BCUT2D eigenvalue weighted by molar-refractivity contribution is -0.120. The Morgan fingerprint density at radius 3 is 2.30 bits per heavy atom. The minimum Gasteiger partial charge on any atom is -0.459 e. The number of sulfonamides is 1. The molecule has 1 aliphatic heterocycles. The van der Waals surface area contributed by atoms with Crippen molar-refractivity contribution in [2.75, 3.05) is 14.9 Å². The minimum atomic E-state index is -3.91. The molecule has 10 nitrogen and oxygen atoms in total. The predicted octanol–water partition coefficient (Wildman–Crippen LogP) is 3.88. The second kappa shape index (κ2) is 10.4. The van der Waals surface area contributed by atoms with E-state index in [4.69, 9.17) is 16.3 Å². The number of halogens is 1. The van der Waals surface area contributed by atoms with Crippen LogP contribution in [0.15, 0.2) is 88.6 Å². The zero-order valence-corrected chi connectivity index (χ0v) is 21.2. The van der Waals surface area contributed by atoms with Crippen LogP contribution in [0.4, 0.5) is 17.2 Å². The second-order valence-corrected chi connectivity index (χ2v) is 10.1. The average Bonchev–Trinajstić information content (AvgIpc) is 3.07. The molecule has 2 aromatic carbocycles. The highest BCUT2D eigenvalue weighted by Gasteiger charge is 2.40. The first-order chi connectivity index (χ1) is 17.6. The number of pyridine rings is 1. The number of esters is 1. The number of hydrogen-bond donors (Lipinski definition) is 2. The number of carbonyl (C=O) groups excluding carboxylic acids is 3. The number of anilines is 3. The van der Waals surface area contributed by atoms with E-state index in [1.807, 2.05) is 0 Å². The summed E-state index contributed by atoms with van der Waals surface area (Å²) < 4.78 is 32.8. The first kappa shape index (κ1) is 25.9. The van der Waals surface area contributed by atoms with E-state index in [9.17, 15) is 22.8 Å². The molecule has 0 aliphatic carbocycles. The van der Waals surface area contributed by atoms with E-state index in [-0.39, 0.29) is 32.7 Å². The first-order valence-corrected chi connectivity index (χ1v) is 12.8. The fraction of sp³-hybridized carbons (Fsp3) is 0.120. The van der Waals surface area contributed by atoms with Gasteiger partial charge >= 0.3 is 5.97 Å². The van der Waals surface area contributed by atoms with Gasteiger partial charge in [-0.05, 0) is 62.4 Å². The molecule has 2 amide bonds. The summed E-state index contributed by atoms with van der Waals surface area (Å²) in [5.74, 6) is -2.14. The number of aromatic nitrogens is 1. The van der Waals surface area contributed by atoms with Crippen molar-refractivity contribution in [2.24, 2.45) is 0 Å². The van der Waals surface area contributed by atoms with Crippen LogP contribution in [0, 0.1) is 0 Å². The molecule has 37 heavy (non-hydrogen) atoms. The molecule has 0 spiro atoms. The largest absolute Gasteiger partial charge is 0.459 e. The Bertz CT molecular complexity index is 1510. The van der Waals surface area contributed by atoms with Gasteiger partial charge < -0.3 is 10.1 Å². The summed E-state index contributed by atoms with van der Waals surface area (Å²) in [4.78, 5) is 43.3. The van der Waals surface area contributed by atoms with E-state index in [1.165, 1.54) is 48.7 Å². The van der Waals surface area contributed by atoms with Gasteiger partial charge in [0.1, 0.15) is 16.5 Å². The van der Waals surface area contributed by atoms with E-state index >= 15 is 0 Å². The van der Waals surface area contributed by atoms with Gasteiger partial charge in [-0.15, -0.1) is 0 Å². The lowest BCUT2D eigenvalue weighted by atomic mass is 10.1. The molecule has 0 radical (unpaired) electrons. The third kappa shape index (κ3) is 5.47. The molecule has 0 bridgehead atoms. The number of amides is 2. The number of para-hydroxylation sites is 1. The number of imide groups is 1. The molecule has 4 rings (SSSR count). The molecule has 1 aromatic heterocycles. The van der Waals surface area contributed by atoms with Crippen LogP contribution in [0.25, 0.3) is 0 Å². The summed E-state index contributed by atoms with van der Waals surface area (Å²) in [6.07, 6.45) is 1.05. The van der Waals surface area contributed by atoms with E-state index in [1.54, 1.807) is 38.1 Å². The van der Waals surface area contributed by atoms with Crippen molar-refractivity contribution in [3.63, 3.8) is 0 Å². The molecule has 0 unspecified atom stereocenters. The lowest BCUT2D eigenvalue weighted by Crippen LogP contribution is -2.33. The van der Waals surface area contributed by atoms with Crippen molar-refractivity contribution in [3.8, 4) is 0 Å². The van der Waals surface area contributed by atoms with Gasteiger partial charge in [0.15, 0.2) is 0 Å². The molecule has 0 saturated carbocycles. The number of nitrogens with one attached hydrogen (secondary N) is 2.